The number of carbonyl (C=O) groups is 9. The van der Waals surface area contributed by atoms with E-state index in [1.165, 1.54) is 31.2 Å². The number of hydrogen-bond acceptors (Lipinski definition) is 14. The summed E-state index contributed by atoms with van der Waals surface area (Å²) >= 11 is 4.14. The summed E-state index contributed by atoms with van der Waals surface area (Å²) in [5.74, 6) is -9.17. The van der Waals surface area contributed by atoms with E-state index in [4.69, 9.17) is 22.9 Å². The van der Waals surface area contributed by atoms with Crippen LogP contribution in [0, 0.1) is 11.8 Å². The lowest BCUT2D eigenvalue weighted by molar-refractivity contribution is -0.142. The van der Waals surface area contributed by atoms with Gasteiger partial charge in [0.2, 0.25) is 47.3 Å². The van der Waals surface area contributed by atoms with Crippen LogP contribution in [0.3, 0.4) is 0 Å². The molecule has 18 N–H and O–H groups in total. The Hall–Kier alpha value is -6.21. The van der Waals surface area contributed by atoms with E-state index >= 15 is 0 Å². The van der Waals surface area contributed by atoms with Crippen LogP contribution in [0.15, 0.2) is 29.3 Å². The molecule has 0 aliphatic carbocycles. The fourth-order valence-corrected chi connectivity index (χ4v) is 6.40. The smallest absolute Gasteiger partial charge is 0.326 e. The Balaban J connectivity index is 3.33. The highest BCUT2D eigenvalue weighted by atomic mass is 32.1. The van der Waals surface area contributed by atoms with Crippen LogP contribution in [0.5, 0.6) is 5.75 Å². The number of rotatable bonds is 30. The van der Waals surface area contributed by atoms with E-state index in [0.29, 0.717) is 12.0 Å². The summed E-state index contributed by atoms with van der Waals surface area (Å²) in [4.78, 5) is 121. The van der Waals surface area contributed by atoms with Crippen molar-refractivity contribution in [2.75, 3.05) is 18.9 Å². The van der Waals surface area contributed by atoms with Gasteiger partial charge in [-0.25, -0.2) is 4.79 Å². The number of carbonyl (C=O) groups excluding carboxylic acids is 8. The Morgan fingerprint density at radius 1 is 0.621 bits per heavy atom. The maximum atomic E-state index is 14.0. The second-order valence-electron chi connectivity index (χ2n) is 16.5. The summed E-state index contributed by atoms with van der Waals surface area (Å²) in [6.07, 6.45) is -0.494. The average molecular weight is 953 g/mol. The standard InChI is InChI=1S/C41H68N12O12S/c1-20(2)15-25(42)34(58)52-30(18-54)38(62)53-31(19-66)39(63)48-26(12-13-32(43)56)35(59)50-28(16-21(3)4)37(61)51-29(17-23-8-10-24(55)11-9-23)36(60)47-22(5)33(57)49-27(40(64)65)7-6-14-46-41(44)45/h8-11,20-22,25-31,54-55,66H,6-7,12-19,42H2,1-5H3,(H2,43,56)(H,47,60)(H,48,63)(H,49,57)(H,50,59)(H,51,61)(H,52,58)(H,53,62)(H,64,65)(H4,44,45,46)/t22-,25-,26-,27-,28-,29-,30-,31-/m0/s1. The molecule has 0 fully saturated rings. The minimum absolute atomic E-state index is 0.00933. The van der Waals surface area contributed by atoms with Crippen LogP contribution in [0.25, 0.3) is 0 Å². The average Bonchev–Trinajstić information content (AvgIpc) is 3.23. The van der Waals surface area contributed by atoms with Crippen molar-refractivity contribution in [3.63, 3.8) is 0 Å². The number of nitrogens with one attached hydrogen (secondary N) is 7. The maximum Gasteiger partial charge on any atom is 0.326 e. The molecule has 24 nitrogen and oxygen atoms in total. The first kappa shape index (κ1) is 57.8. The van der Waals surface area contributed by atoms with Gasteiger partial charge in [0.05, 0.1) is 12.6 Å². The highest BCUT2D eigenvalue weighted by molar-refractivity contribution is 7.80. The first-order valence-corrected chi connectivity index (χ1v) is 22.0. The van der Waals surface area contributed by atoms with Gasteiger partial charge in [-0.1, -0.05) is 39.8 Å². The third-order valence-electron chi connectivity index (χ3n) is 9.67. The number of nitrogens with two attached hydrogens (primary N) is 4. The van der Waals surface area contributed by atoms with E-state index in [2.05, 4.69) is 54.8 Å². The molecule has 0 radical (unpaired) electrons. The summed E-state index contributed by atoms with van der Waals surface area (Å²) in [6, 6.07) is -5.22. The van der Waals surface area contributed by atoms with E-state index in [1.54, 1.807) is 13.8 Å². The zero-order chi connectivity index (χ0) is 50.3. The van der Waals surface area contributed by atoms with Crippen molar-refractivity contribution in [3.05, 3.63) is 29.8 Å². The van der Waals surface area contributed by atoms with E-state index in [-0.39, 0.29) is 67.9 Å². The van der Waals surface area contributed by atoms with Gasteiger partial charge in [-0.2, -0.15) is 12.6 Å². The van der Waals surface area contributed by atoms with Gasteiger partial charge in [-0.05, 0) is 68.6 Å². The van der Waals surface area contributed by atoms with Gasteiger partial charge in [0, 0.05) is 25.1 Å². The molecule has 0 aromatic heterocycles. The molecule has 0 unspecified atom stereocenters. The monoisotopic (exact) mass is 952 g/mol. The Kier molecular flexibility index (Phi) is 25.7. The second kappa shape index (κ2) is 29.4. The predicted octanol–water partition coefficient (Wildman–Crippen LogP) is -3.91. The van der Waals surface area contributed by atoms with Gasteiger partial charge < -0.3 is 75.5 Å². The highest BCUT2D eigenvalue weighted by Crippen LogP contribution is 2.14. The maximum absolute atomic E-state index is 14.0. The van der Waals surface area contributed by atoms with Crippen molar-refractivity contribution in [1.82, 2.24) is 37.2 Å². The molecule has 0 heterocycles. The number of amides is 8. The number of primary amides is 1. The normalized spacial score (nSPS) is 14.7. The number of guanidine groups is 1. The summed E-state index contributed by atoms with van der Waals surface area (Å²) in [5.41, 5.74) is 22.3. The molecular weight excluding hydrogens is 885 g/mol. The number of aliphatic hydroxyl groups excluding tert-OH is 1. The van der Waals surface area contributed by atoms with Gasteiger partial charge in [0.1, 0.15) is 48.0 Å². The minimum atomic E-state index is -1.52. The summed E-state index contributed by atoms with van der Waals surface area (Å²) < 4.78 is 0. The number of phenolic OH excluding ortho intramolecular Hbond substituents is 1. The van der Waals surface area contributed by atoms with Crippen molar-refractivity contribution < 1.29 is 58.5 Å². The molecule has 0 bridgehead atoms. The molecule has 1 aromatic rings. The van der Waals surface area contributed by atoms with Gasteiger partial charge in [-0.3, -0.25) is 43.3 Å². The van der Waals surface area contributed by atoms with Crippen LogP contribution in [-0.2, 0) is 49.6 Å². The summed E-state index contributed by atoms with van der Waals surface area (Å²) in [7, 11) is 0. The summed E-state index contributed by atoms with van der Waals surface area (Å²) in [5, 5.41) is 46.4. The van der Waals surface area contributed by atoms with Gasteiger partial charge >= 0.3 is 5.97 Å². The number of benzene rings is 1. The molecule has 8 amide bonds. The molecule has 0 spiro atoms. The van der Waals surface area contributed by atoms with E-state index in [0.717, 1.165) is 0 Å². The topological polar surface area (TPSA) is 415 Å². The first-order valence-electron chi connectivity index (χ1n) is 21.3. The van der Waals surface area contributed by atoms with E-state index < -0.39 is 115 Å². The SMILES string of the molecule is CC(C)C[C@H](NC(=O)[C@H](CCC(N)=O)NC(=O)[C@H](CS)NC(=O)[C@H](CO)NC(=O)[C@@H](N)CC(C)C)C(=O)N[C@@H](Cc1ccc(O)cc1)C(=O)N[C@@H](C)C(=O)N[C@@H](CCCN=C(N)N)C(=O)O. The number of aliphatic hydroxyl groups is 1. The second-order valence-corrected chi connectivity index (χ2v) is 16.9. The fraction of sp³-hybridized carbons (Fsp3) is 0.610. The third-order valence-corrected chi connectivity index (χ3v) is 10.0. The number of carboxylic acid groups (broad SMARTS) is 1. The number of aliphatic imine (C=N–C) groups is 1. The molecule has 0 saturated carbocycles. The van der Waals surface area contributed by atoms with Crippen molar-refractivity contribution in [1.29, 1.82) is 0 Å². The van der Waals surface area contributed by atoms with Crippen LogP contribution in [0.4, 0.5) is 0 Å². The molecular formula is C41H68N12O12S. The number of thiol groups is 1. The number of nitrogens with zero attached hydrogens (tertiary/aromatic N) is 1. The molecule has 1 rings (SSSR count). The van der Waals surface area contributed by atoms with Crippen molar-refractivity contribution in [2.45, 2.75) is 128 Å². The third kappa shape index (κ3) is 22.1. The molecule has 0 saturated heterocycles. The van der Waals surface area contributed by atoms with Crippen LogP contribution in [0.2, 0.25) is 0 Å². The van der Waals surface area contributed by atoms with Crippen molar-refractivity contribution in [3.8, 4) is 5.75 Å². The Labute approximate surface area is 388 Å². The molecule has 66 heavy (non-hydrogen) atoms. The Bertz CT molecular complexity index is 1850. The summed E-state index contributed by atoms with van der Waals surface area (Å²) in [6.45, 7) is 7.71. The molecule has 8 atom stereocenters. The number of hydrogen-bond donors (Lipinski definition) is 15. The number of phenols is 1. The largest absolute Gasteiger partial charge is 0.508 e. The lowest BCUT2D eigenvalue weighted by Gasteiger charge is -2.28. The molecule has 25 heteroatoms. The zero-order valence-corrected chi connectivity index (χ0v) is 38.8. The molecule has 1 aromatic carbocycles. The van der Waals surface area contributed by atoms with Crippen LogP contribution >= 0.6 is 12.6 Å². The predicted molar refractivity (Wildman–Crippen MR) is 245 cm³/mol. The van der Waals surface area contributed by atoms with Crippen molar-refractivity contribution >= 4 is 71.8 Å². The lowest BCUT2D eigenvalue weighted by atomic mass is 10.00. The van der Waals surface area contributed by atoms with Gasteiger partial charge in [0.15, 0.2) is 5.96 Å². The van der Waals surface area contributed by atoms with Crippen LogP contribution in [0.1, 0.15) is 78.7 Å². The molecule has 0 aliphatic heterocycles. The molecule has 370 valence electrons. The van der Waals surface area contributed by atoms with Gasteiger partial charge in [0.25, 0.3) is 0 Å². The fourth-order valence-electron chi connectivity index (χ4n) is 6.14. The Morgan fingerprint density at radius 2 is 1.11 bits per heavy atom. The number of aromatic hydroxyl groups is 1. The number of aliphatic carboxylic acids is 1. The van der Waals surface area contributed by atoms with Crippen LogP contribution < -0.4 is 60.2 Å². The van der Waals surface area contributed by atoms with Crippen molar-refractivity contribution in [2.24, 2.45) is 39.8 Å². The minimum Gasteiger partial charge on any atom is -0.508 e. The molecule has 0 aliphatic rings. The zero-order valence-electron chi connectivity index (χ0n) is 37.9. The highest BCUT2D eigenvalue weighted by Gasteiger charge is 2.34. The van der Waals surface area contributed by atoms with Gasteiger partial charge in [-0.15, -0.1) is 0 Å². The quantitative estimate of drug-likeness (QED) is 0.0152. The number of carboxylic acids is 1. The van der Waals surface area contributed by atoms with E-state index in [1.807, 2.05) is 13.8 Å². The van der Waals surface area contributed by atoms with Crippen LogP contribution in [-0.4, -0.2) is 142 Å². The first-order chi connectivity index (χ1) is 30.9. The van der Waals surface area contributed by atoms with E-state index in [9.17, 15) is 58.5 Å². The Morgan fingerprint density at radius 3 is 1.64 bits per heavy atom. The lowest BCUT2D eigenvalue weighted by Crippen LogP contribution is -2.61.